The third kappa shape index (κ3) is 2.46. The van der Waals surface area contributed by atoms with Crippen molar-refractivity contribution in [2.24, 2.45) is 0 Å². The van der Waals surface area contributed by atoms with Gasteiger partial charge in [0.1, 0.15) is 0 Å². The molecule has 0 aliphatic carbocycles. The number of ketones is 1. The fourth-order valence-electron chi connectivity index (χ4n) is 1.24. The highest BCUT2D eigenvalue weighted by atomic mass is 35.5. The first-order valence-electron chi connectivity index (χ1n) is 4.31. The van der Waals surface area contributed by atoms with E-state index in [1.54, 1.807) is 7.05 Å². The minimum Gasteiger partial charge on any atom is -0.493 e. The van der Waals surface area contributed by atoms with Crippen molar-refractivity contribution in [1.29, 1.82) is 0 Å². The van der Waals surface area contributed by atoms with E-state index in [1.807, 2.05) is 0 Å². The van der Waals surface area contributed by atoms with E-state index in [9.17, 15) is 9.18 Å². The number of benzene rings is 1. The SMILES string of the molecule is CNCC(=O)c1c(Cl)ccc(F)c1OC. The molecule has 0 radical (unpaired) electrons. The molecule has 0 spiro atoms. The number of rotatable bonds is 4. The smallest absolute Gasteiger partial charge is 0.181 e. The molecule has 0 saturated carbocycles. The van der Waals surface area contributed by atoms with E-state index >= 15 is 0 Å². The van der Waals surface area contributed by atoms with Crippen LogP contribution in [0.4, 0.5) is 4.39 Å². The molecule has 0 aromatic heterocycles. The zero-order chi connectivity index (χ0) is 11.4. The fraction of sp³-hybridized carbons (Fsp3) is 0.300. The van der Waals surface area contributed by atoms with Crippen molar-refractivity contribution in [2.75, 3.05) is 20.7 Å². The zero-order valence-corrected chi connectivity index (χ0v) is 9.19. The summed E-state index contributed by atoms with van der Waals surface area (Å²) in [5, 5.41) is 2.87. The number of methoxy groups -OCH3 is 1. The second kappa shape index (κ2) is 5.09. The van der Waals surface area contributed by atoms with Crippen molar-refractivity contribution in [3.8, 4) is 5.75 Å². The summed E-state index contributed by atoms with van der Waals surface area (Å²) in [5.41, 5.74) is 0.0773. The van der Waals surface area contributed by atoms with Crippen molar-refractivity contribution in [3.05, 3.63) is 28.5 Å². The van der Waals surface area contributed by atoms with Crippen molar-refractivity contribution >= 4 is 17.4 Å². The standard InChI is InChI=1S/C10H11ClFNO2/c1-13-5-8(14)9-6(11)3-4-7(12)10(9)15-2/h3-4,13H,5H2,1-2H3. The summed E-state index contributed by atoms with van der Waals surface area (Å²) in [7, 11) is 2.92. The number of halogens is 2. The van der Waals surface area contributed by atoms with E-state index in [0.717, 1.165) is 6.07 Å². The Morgan fingerprint density at radius 2 is 2.27 bits per heavy atom. The first kappa shape index (κ1) is 11.9. The Labute approximate surface area is 92.2 Å². The van der Waals surface area contributed by atoms with Gasteiger partial charge >= 0.3 is 0 Å². The first-order valence-corrected chi connectivity index (χ1v) is 4.69. The molecule has 1 N–H and O–H groups in total. The molecule has 0 fully saturated rings. The third-order valence-corrected chi connectivity index (χ3v) is 2.19. The number of Topliss-reactive ketones (excluding diaryl/α,β-unsaturated/α-hetero) is 1. The van der Waals surface area contributed by atoms with Crippen LogP contribution in [0.3, 0.4) is 0 Å². The van der Waals surface area contributed by atoms with E-state index in [2.05, 4.69) is 5.32 Å². The molecule has 0 unspecified atom stereocenters. The van der Waals surface area contributed by atoms with Crippen LogP contribution in [0.5, 0.6) is 5.75 Å². The van der Waals surface area contributed by atoms with Gasteiger partial charge in [-0.15, -0.1) is 0 Å². The molecular weight excluding hydrogens is 221 g/mol. The van der Waals surface area contributed by atoms with Crippen LogP contribution in [0.15, 0.2) is 12.1 Å². The molecule has 3 nitrogen and oxygen atoms in total. The number of hydrogen-bond acceptors (Lipinski definition) is 3. The Kier molecular flexibility index (Phi) is 4.05. The molecule has 15 heavy (non-hydrogen) atoms. The van der Waals surface area contributed by atoms with Crippen molar-refractivity contribution in [2.45, 2.75) is 0 Å². The molecule has 0 atom stereocenters. The second-order valence-electron chi connectivity index (χ2n) is 2.89. The molecule has 1 rings (SSSR count). The average molecular weight is 232 g/mol. The fourth-order valence-corrected chi connectivity index (χ4v) is 1.50. The van der Waals surface area contributed by atoms with Gasteiger partial charge in [-0.2, -0.15) is 0 Å². The third-order valence-electron chi connectivity index (χ3n) is 1.88. The molecule has 0 saturated heterocycles. The van der Waals surface area contributed by atoms with Crippen molar-refractivity contribution in [1.82, 2.24) is 5.32 Å². The van der Waals surface area contributed by atoms with Gasteiger partial charge in [0.05, 0.1) is 24.2 Å². The number of nitrogens with one attached hydrogen (secondary N) is 1. The Bertz CT molecular complexity index is 382. The van der Waals surface area contributed by atoms with Crippen LogP contribution in [-0.4, -0.2) is 26.5 Å². The number of likely N-dealkylation sites (N-methyl/N-ethyl adjacent to an activating group) is 1. The lowest BCUT2D eigenvalue weighted by Gasteiger charge is -2.09. The maximum absolute atomic E-state index is 13.3. The summed E-state index contributed by atoms with van der Waals surface area (Å²) in [6.45, 7) is 0.0829. The number of carbonyl (C=O) groups is 1. The molecule has 0 amide bonds. The number of hydrogen-bond donors (Lipinski definition) is 1. The Morgan fingerprint density at radius 1 is 1.60 bits per heavy atom. The van der Waals surface area contributed by atoms with Gasteiger partial charge in [-0.25, -0.2) is 4.39 Å². The van der Waals surface area contributed by atoms with Crippen molar-refractivity contribution in [3.63, 3.8) is 0 Å². The predicted molar refractivity (Wildman–Crippen MR) is 56.2 cm³/mol. The maximum Gasteiger partial charge on any atom is 0.181 e. The molecular formula is C10H11ClFNO2. The van der Waals surface area contributed by atoms with Gasteiger partial charge in [-0.1, -0.05) is 11.6 Å². The highest BCUT2D eigenvalue weighted by molar-refractivity contribution is 6.34. The summed E-state index contributed by atoms with van der Waals surface area (Å²) in [4.78, 5) is 11.6. The van der Waals surface area contributed by atoms with Crippen LogP contribution < -0.4 is 10.1 Å². The number of ether oxygens (including phenoxy) is 1. The molecule has 0 aliphatic heterocycles. The van der Waals surface area contributed by atoms with E-state index < -0.39 is 5.82 Å². The van der Waals surface area contributed by atoms with Crippen LogP contribution >= 0.6 is 11.6 Å². The molecule has 0 heterocycles. The normalized spacial score (nSPS) is 10.1. The monoisotopic (exact) mass is 231 g/mol. The summed E-state index contributed by atoms with van der Waals surface area (Å²) in [6, 6.07) is 2.50. The number of carbonyl (C=O) groups excluding carboxylic acids is 1. The summed E-state index contributed by atoms with van der Waals surface area (Å²) >= 11 is 5.82. The van der Waals surface area contributed by atoms with Gasteiger partial charge in [0.15, 0.2) is 17.3 Å². The zero-order valence-electron chi connectivity index (χ0n) is 8.43. The lowest BCUT2D eigenvalue weighted by molar-refractivity contribution is 0.0990. The van der Waals surface area contributed by atoms with E-state index in [-0.39, 0.29) is 28.7 Å². The molecule has 1 aromatic carbocycles. The van der Waals surface area contributed by atoms with Gasteiger partial charge < -0.3 is 10.1 Å². The van der Waals surface area contributed by atoms with Gasteiger partial charge in [0.2, 0.25) is 0 Å². The van der Waals surface area contributed by atoms with E-state index in [1.165, 1.54) is 13.2 Å². The van der Waals surface area contributed by atoms with Gasteiger partial charge in [-0.05, 0) is 19.2 Å². The Morgan fingerprint density at radius 3 is 2.80 bits per heavy atom. The minimum absolute atomic E-state index is 0.0773. The summed E-state index contributed by atoms with van der Waals surface area (Å²) < 4.78 is 18.1. The quantitative estimate of drug-likeness (QED) is 0.805. The van der Waals surface area contributed by atoms with E-state index in [4.69, 9.17) is 16.3 Å². The lowest BCUT2D eigenvalue weighted by Crippen LogP contribution is -2.19. The molecule has 0 bridgehead atoms. The van der Waals surface area contributed by atoms with Crippen LogP contribution in [0, 0.1) is 5.82 Å². The maximum atomic E-state index is 13.3. The van der Waals surface area contributed by atoms with Crippen LogP contribution in [-0.2, 0) is 0 Å². The van der Waals surface area contributed by atoms with Crippen molar-refractivity contribution < 1.29 is 13.9 Å². The Balaban J connectivity index is 3.24. The van der Waals surface area contributed by atoms with Crippen LogP contribution in [0.25, 0.3) is 0 Å². The molecule has 0 aliphatic rings. The minimum atomic E-state index is -0.596. The van der Waals surface area contributed by atoms with Crippen LogP contribution in [0.1, 0.15) is 10.4 Å². The second-order valence-corrected chi connectivity index (χ2v) is 3.30. The Hall–Kier alpha value is -1.13. The van der Waals surface area contributed by atoms with Crippen LogP contribution in [0.2, 0.25) is 5.02 Å². The largest absolute Gasteiger partial charge is 0.493 e. The molecule has 5 heteroatoms. The highest BCUT2D eigenvalue weighted by Gasteiger charge is 2.19. The van der Waals surface area contributed by atoms with Gasteiger partial charge in [0.25, 0.3) is 0 Å². The lowest BCUT2D eigenvalue weighted by atomic mass is 10.1. The van der Waals surface area contributed by atoms with E-state index in [0.29, 0.717) is 0 Å². The average Bonchev–Trinajstić information content (AvgIpc) is 2.21. The first-order chi connectivity index (χ1) is 7.11. The summed E-state index contributed by atoms with van der Waals surface area (Å²) in [5.74, 6) is -1.01. The van der Waals surface area contributed by atoms with Gasteiger partial charge in [0, 0.05) is 0 Å². The highest BCUT2D eigenvalue weighted by Crippen LogP contribution is 2.29. The summed E-state index contributed by atoms with van der Waals surface area (Å²) in [6.07, 6.45) is 0. The molecule has 82 valence electrons. The van der Waals surface area contributed by atoms with Gasteiger partial charge in [-0.3, -0.25) is 4.79 Å². The molecule has 1 aromatic rings. The predicted octanol–water partition coefficient (Wildman–Crippen LogP) is 1.89. The topological polar surface area (TPSA) is 38.3 Å².